The first-order valence-corrected chi connectivity index (χ1v) is 6.81. The van der Waals surface area contributed by atoms with Crippen LogP contribution in [0.2, 0.25) is 5.02 Å². The van der Waals surface area contributed by atoms with Gasteiger partial charge in [0, 0.05) is 12.2 Å². The number of rotatable bonds is 3. The molecule has 1 aromatic carbocycles. The van der Waals surface area contributed by atoms with Crippen LogP contribution in [0.4, 0.5) is 11.4 Å². The highest BCUT2D eigenvalue weighted by Gasteiger charge is 2.29. The second-order valence-electron chi connectivity index (χ2n) is 5.91. The van der Waals surface area contributed by atoms with Gasteiger partial charge in [-0.2, -0.15) is 0 Å². The van der Waals surface area contributed by atoms with E-state index < -0.39 is 0 Å². The molecule has 1 fully saturated rings. The zero-order valence-corrected chi connectivity index (χ0v) is 12.1. The summed E-state index contributed by atoms with van der Waals surface area (Å²) in [5.41, 5.74) is 7.12. The van der Waals surface area contributed by atoms with Gasteiger partial charge in [-0.05, 0) is 36.6 Å². The maximum atomic E-state index is 12.0. The molecule has 1 amide bonds. The van der Waals surface area contributed by atoms with Crippen molar-refractivity contribution in [3.8, 4) is 0 Å². The molecule has 0 radical (unpaired) electrons. The summed E-state index contributed by atoms with van der Waals surface area (Å²) in [6.07, 6.45) is 1.13. The number of carbonyl (C=O) groups excluding carboxylic acids is 1. The molecular weight excluding hydrogens is 262 g/mol. The fourth-order valence-corrected chi connectivity index (χ4v) is 2.62. The molecule has 0 spiro atoms. The average molecular weight is 282 g/mol. The van der Waals surface area contributed by atoms with E-state index in [9.17, 15) is 4.79 Å². The van der Waals surface area contributed by atoms with Crippen molar-refractivity contribution in [3.63, 3.8) is 0 Å². The maximum Gasteiger partial charge on any atom is 0.238 e. The van der Waals surface area contributed by atoms with Gasteiger partial charge >= 0.3 is 0 Å². The van der Waals surface area contributed by atoms with E-state index >= 15 is 0 Å². The van der Waals surface area contributed by atoms with E-state index in [4.69, 9.17) is 17.3 Å². The zero-order chi connectivity index (χ0) is 14.0. The molecule has 0 atom stereocenters. The minimum atomic E-state index is -0.0376. The predicted molar refractivity (Wildman–Crippen MR) is 79.3 cm³/mol. The van der Waals surface area contributed by atoms with Crippen molar-refractivity contribution in [2.75, 3.05) is 30.7 Å². The van der Waals surface area contributed by atoms with E-state index in [-0.39, 0.29) is 5.91 Å². The first kappa shape index (κ1) is 14.2. The molecule has 5 heteroatoms. The van der Waals surface area contributed by atoms with Crippen LogP contribution in [0.3, 0.4) is 0 Å². The molecule has 1 heterocycles. The first-order chi connectivity index (χ1) is 8.85. The van der Waals surface area contributed by atoms with Crippen LogP contribution in [0.25, 0.3) is 0 Å². The Bertz CT molecular complexity index is 488. The van der Waals surface area contributed by atoms with Gasteiger partial charge in [0.15, 0.2) is 0 Å². The van der Waals surface area contributed by atoms with Crippen molar-refractivity contribution in [3.05, 3.63) is 23.2 Å². The summed E-state index contributed by atoms with van der Waals surface area (Å²) in [5.74, 6) is -0.0376. The Morgan fingerprint density at radius 1 is 1.53 bits per heavy atom. The molecule has 4 nitrogen and oxygen atoms in total. The van der Waals surface area contributed by atoms with Crippen molar-refractivity contribution in [1.29, 1.82) is 0 Å². The third-order valence-corrected chi connectivity index (χ3v) is 3.70. The van der Waals surface area contributed by atoms with E-state index in [0.717, 1.165) is 19.5 Å². The van der Waals surface area contributed by atoms with Crippen LogP contribution in [-0.4, -0.2) is 30.4 Å². The number of benzene rings is 1. The summed E-state index contributed by atoms with van der Waals surface area (Å²) in [5, 5.41) is 3.29. The number of amides is 1. The molecule has 19 heavy (non-hydrogen) atoms. The molecule has 1 aliphatic rings. The summed E-state index contributed by atoms with van der Waals surface area (Å²) >= 11 is 6.03. The van der Waals surface area contributed by atoms with Gasteiger partial charge in [-0.1, -0.05) is 25.4 Å². The number of nitrogens with one attached hydrogen (secondary N) is 1. The Balaban J connectivity index is 1.91. The van der Waals surface area contributed by atoms with Crippen LogP contribution < -0.4 is 11.1 Å². The lowest BCUT2D eigenvalue weighted by atomic mass is 9.93. The predicted octanol–water partition coefficient (Wildman–Crippen LogP) is 2.59. The number of anilines is 2. The van der Waals surface area contributed by atoms with Gasteiger partial charge in [0.2, 0.25) is 5.91 Å². The SMILES string of the molecule is CC1(C)CCN(CC(=O)Nc2ccc(N)cc2Cl)C1. The quantitative estimate of drug-likeness (QED) is 0.837. The minimum Gasteiger partial charge on any atom is -0.399 e. The number of carbonyl (C=O) groups is 1. The summed E-state index contributed by atoms with van der Waals surface area (Å²) in [6.45, 7) is 6.78. The van der Waals surface area contributed by atoms with E-state index in [2.05, 4.69) is 24.1 Å². The highest BCUT2D eigenvalue weighted by atomic mass is 35.5. The third kappa shape index (κ3) is 3.85. The fraction of sp³-hybridized carbons (Fsp3) is 0.500. The van der Waals surface area contributed by atoms with Crippen LogP contribution in [0.15, 0.2) is 18.2 Å². The average Bonchev–Trinajstić information content (AvgIpc) is 2.62. The molecule has 0 aromatic heterocycles. The molecule has 1 saturated heterocycles. The maximum absolute atomic E-state index is 12.0. The topological polar surface area (TPSA) is 58.4 Å². The number of nitrogen functional groups attached to an aromatic ring is 1. The van der Waals surface area contributed by atoms with Crippen LogP contribution in [-0.2, 0) is 4.79 Å². The standard InChI is InChI=1S/C14H20ClN3O/c1-14(2)5-6-18(9-14)8-13(19)17-12-4-3-10(16)7-11(12)15/h3-4,7H,5-6,8-9,16H2,1-2H3,(H,17,19). The van der Waals surface area contributed by atoms with Crippen LogP contribution >= 0.6 is 11.6 Å². The van der Waals surface area contributed by atoms with Gasteiger partial charge in [-0.15, -0.1) is 0 Å². The summed E-state index contributed by atoms with van der Waals surface area (Å²) < 4.78 is 0. The van der Waals surface area contributed by atoms with E-state index in [1.165, 1.54) is 0 Å². The van der Waals surface area contributed by atoms with Gasteiger partial charge in [-0.25, -0.2) is 0 Å². The molecule has 0 saturated carbocycles. The number of likely N-dealkylation sites (tertiary alicyclic amines) is 1. The Hall–Kier alpha value is -1.26. The Labute approximate surface area is 118 Å². The van der Waals surface area contributed by atoms with Crippen molar-refractivity contribution >= 4 is 28.9 Å². The molecule has 1 aliphatic heterocycles. The normalized spacial score (nSPS) is 18.5. The van der Waals surface area contributed by atoms with Crippen molar-refractivity contribution in [1.82, 2.24) is 4.90 Å². The summed E-state index contributed by atoms with van der Waals surface area (Å²) in [4.78, 5) is 14.1. The molecule has 1 aromatic rings. The molecule has 104 valence electrons. The Morgan fingerprint density at radius 2 is 2.26 bits per heavy atom. The van der Waals surface area contributed by atoms with Crippen LogP contribution in [0.1, 0.15) is 20.3 Å². The smallest absolute Gasteiger partial charge is 0.238 e. The molecule has 0 unspecified atom stereocenters. The molecule has 2 rings (SSSR count). The third-order valence-electron chi connectivity index (χ3n) is 3.39. The number of hydrogen-bond donors (Lipinski definition) is 2. The highest BCUT2D eigenvalue weighted by molar-refractivity contribution is 6.34. The molecular formula is C14H20ClN3O. The number of hydrogen-bond acceptors (Lipinski definition) is 3. The Morgan fingerprint density at radius 3 is 2.84 bits per heavy atom. The largest absolute Gasteiger partial charge is 0.399 e. The van der Waals surface area contributed by atoms with Gasteiger partial charge in [0.1, 0.15) is 0 Å². The second-order valence-corrected chi connectivity index (χ2v) is 6.32. The lowest BCUT2D eigenvalue weighted by Crippen LogP contribution is -2.32. The molecule has 0 aliphatic carbocycles. The van der Waals surface area contributed by atoms with Crippen molar-refractivity contribution < 1.29 is 4.79 Å². The van der Waals surface area contributed by atoms with E-state index in [1.54, 1.807) is 18.2 Å². The first-order valence-electron chi connectivity index (χ1n) is 6.43. The van der Waals surface area contributed by atoms with Gasteiger partial charge in [0.05, 0.1) is 17.3 Å². The number of halogens is 1. The lowest BCUT2D eigenvalue weighted by Gasteiger charge is -2.19. The summed E-state index contributed by atoms with van der Waals surface area (Å²) in [6, 6.07) is 5.08. The minimum absolute atomic E-state index is 0.0376. The Kier molecular flexibility index (Phi) is 4.02. The summed E-state index contributed by atoms with van der Waals surface area (Å²) in [7, 11) is 0. The van der Waals surface area contributed by atoms with Crippen molar-refractivity contribution in [2.24, 2.45) is 5.41 Å². The molecule has 3 N–H and O–H groups in total. The molecule has 0 bridgehead atoms. The van der Waals surface area contributed by atoms with Gasteiger partial charge in [-0.3, -0.25) is 9.69 Å². The second kappa shape index (κ2) is 5.39. The van der Waals surface area contributed by atoms with Crippen LogP contribution in [0.5, 0.6) is 0 Å². The fourth-order valence-electron chi connectivity index (χ4n) is 2.38. The van der Waals surface area contributed by atoms with Crippen molar-refractivity contribution in [2.45, 2.75) is 20.3 Å². The zero-order valence-electron chi connectivity index (χ0n) is 11.4. The lowest BCUT2D eigenvalue weighted by molar-refractivity contribution is -0.117. The van der Waals surface area contributed by atoms with Gasteiger partial charge in [0.25, 0.3) is 0 Å². The van der Waals surface area contributed by atoms with E-state index in [0.29, 0.717) is 28.4 Å². The number of nitrogens with zero attached hydrogens (tertiary/aromatic N) is 1. The highest BCUT2D eigenvalue weighted by Crippen LogP contribution is 2.28. The van der Waals surface area contributed by atoms with E-state index in [1.807, 2.05) is 0 Å². The van der Waals surface area contributed by atoms with Crippen LogP contribution in [0, 0.1) is 5.41 Å². The van der Waals surface area contributed by atoms with Gasteiger partial charge < -0.3 is 11.1 Å². The number of nitrogens with two attached hydrogens (primary N) is 1. The monoisotopic (exact) mass is 281 g/mol.